The van der Waals surface area contributed by atoms with Gasteiger partial charge in [-0.05, 0) is 52.9 Å². The van der Waals surface area contributed by atoms with Crippen LogP contribution in [0.15, 0.2) is 0 Å². The molecule has 0 aromatic rings. The quantitative estimate of drug-likeness (QED) is 0.237. The third-order valence-corrected chi connectivity index (χ3v) is 6.60. The standard InChI is InChI=1S/C24H56N4/c1-9-25(21-17-23-27(5,6)7)19-15-13-14-16-20-26(10-2)22-18-24-28(8,11-3)12-4/h9-24H2,1-8H3/q+2. The molecule has 0 spiro atoms. The molecule has 0 atom stereocenters. The van der Waals surface area contributed by atoms with Gasteiger partial charge in [-0.3, -0.25) is 0 Å². The molecule has 0 heterocycles. The molecule has 0 radical (unpaired) electrons. The lowest BCUT2D eigenvalue weighted by atomic mass is 10.1. The fourth-order valence-corrected chi connectivity index (χ4v) is 3.86. The molecule has 0 fully saturated rings. The van der Waals surface area contributed by atoms with Crippen LogP contribution in [0.1, 0.15) is 66.2 Å². The van der Waals surface area contributed by atoms with Crippen molar-refractivity contribution in [1.29, 1.82) is 0 Å². The Balaban J connectivity index is 3.80. The van der Waals surface area contributed by atoms with Crippen LogP contribution in [-0.4, -0.2) is 112 Å². The van der Waals surface area contributed by atoms with Crippen molar-refractivity contribution >= 4 is 0 Å². The van der Waals surface area contributed by atoms with Crippen LogP contribution in [0.4, 0.5) is 0 Å². The van der Waals surface area contributed by atoms with Crippen molar-refractivity contribution < 1.29 is 8.97 Å². The number of quaternary nitrogens is 2. The van der Waals surface area contributed by atoms with E-state index < -0.39 is 0 Å². The molecule has 0 aromatic carbocycles. The molecule has 0 rings (SSSR count). The fourth-order valence-electron chi connectivity index (χ4n) is 3.86. The van der Waals surface area contributed by atoms with Gasteiger partial charge in [0.1, 0.15) is 0 Å². The summed E-state index contributed by atoms with van der Waals surface area (Å²) >= 11 is 0. The largest absolute Gasteiger partial charge is 0.331 e. The lowest BCUT2D eigenvalue weighted by Crippen LogP contribution is -2.45. The molecule has 0 N–H and O–H groups in total. The van der Waals surface area contributed by atoms with E-state index in [1.54, 1.807) is 0 Å². The minimum atomic E-state index is 1.08. The molecule has 0 aliphatic rings. The summed E-state index contributed by atoms with van der Waals surface area (Å²) in [6.07, 6.45) is 8.18. The Hall–Kier alpha value is -0.160. The fraction of sp³-hybridized carbons (Fsp3) is 1.00. The third-order valence-electron chi connectivity index (χ3n) is 6.60. The van der Waals surface area contributed by atoms with Crippen molar-refractivity contribution in [2.45, 2.75) is 66.2 Å². The molecule has 0 unspecified atom stereocenters. The molecule has 0 aliphatic carbocycles. The zero-order chi connectivity index (χ0) is 21.5. The highest BCUT2D eigenvalue weighted by molar-refractivity contribution is 4.59. The van der Waals surface area contributed by atoms with E-state index in [-0.39, 0.29) is 0 Å². The normalized spacial score (nSPS) is 13.1. The molecule has 0 saturated carbocycles. The highest BCUT2D eigenvalue weighted by Gasteiger charge is 2.16. The van der Waals surface area contributed by atoms with Gasteiger partial charge in [0.25, 0.3) is 0 Å². The lowest BCUT2D eigenvalue weighted by Gasteiger charge is -2.33. The van der Waals surface area contributed by atoms with Crippen LogP contribution in [-0.2, 0) is 0 Å². The average Bonchev–Trinajstić information content (AvgIpc) is 2.66. The predicted octanol–water partition coefficient (Wildman–Crippen LogP) is 4.16. The molecule has 28 heavy (non-hydrogen) atoms. The van der Waals surface area contributed by atoms with Gasteiger partial charge >= 0.3 is 0 Å². The first-order valence-electron chi connectivity index (χ1n) is 12.3. The van der Waals surface area contributed by atoms with E-state index in [9.17, 15) is 0 Å². The van der Waals surface area contributed by atoms with Crippen molar-refractivity contribution in [2.24, 2.45) is 0 Å². The summed E-state index contributed by atoms with van der Waals surface area (Å²) in [5.74, 6) is 0. The van der Waals surface area contributed by atoms with E-state index in [1.807, 2.05) is 0 Å². The smallest absolute Gasteiger partial charge is 0.0796 e. The molecular formula is C24H56N4+2. The van der Waals surface area contributed by atoms with Crippen LogP contribution in [0.5, 0.6) is 0 Å². The van der Waals surface area contributed by atoms with E-state index >= 15 is 0 Å². The molecule has 4 heteroatoms. The Morgan fingerprint density at radius 1 is 0.500 bits per heavy atom. The second kappa shape index (κ2) is 15.6. The van der Waals surface area contributed by atoms with Gasteiger partial charge in [-0.25, -0.2) is 0 Å². The van der Waals surface area contributed by atoms with Crippen LogP contribution in [0.2, 0.25) is 0 Å². The highest BCUT2D eigenvalue weighted by Crippen LogP contribution is 2.07. The first-order chi connectivity index (χ1) is 13.2. The Labute approximate surface area is 179 Å². The first-order valence-corrected chi connectivity index (χ1v) is 12.3. The predicted molar refractivity (Wildman–Crippen MR) is 127 cm³/mol. The minimum Gasteiger partial charge on any atom is -0.331 e. The average molecular weight is 401 g/mol. The van der Waals surface area contributed by atoms with Gasteiger partial charge in [0.2, 0.25) is 0 Å². The first kappa shape index (κ1) is 27.8. The van der Waals surface area contributed by atoms with E-state index in [0.29, 0.717) is 0 Å². The van der Waals surface area contributed by atoms with Crippen LogP contribution >= 0.6 is 0 Å². The summed E-state index contributed by atoms with van der Waals surface area (Å²) in [7, 11) is 9.28. The maximum atomic E-state index is 2.67. The molecule has 0 amide bonds. The van der Waals surface area contributed by atoms with Gasteiger partial charge < -0.3 is 18.8 Å². The van der Waals surface area contributed by atoms with Crippen molar-refractivity contribution in [3.8, 4) is 0 Å². The minimum absolute atomic E-state index is 1.08. The molecule has 0 aromatic heterocycles. The maximum Gasteiger partial charge on any atom is 0.0796 e. The van der Waals surface area contributed by atoms with Crippen molar-refractivity contribution in [2.75, 3.05) is 93.6 Å². The summed E-state index contributed by atoms with van der Waals surface area (Å²) in [4.78, 5) is 5.31. The number of hydrogen-bond acceptors (Lipinski definition) is 2. The van der Waals surface area contributed by atoms with E-state index in [0.717, 1.165) is 4.48 Å². The SMILES string of the molecule is CCN(CCCCCCN(CC)CCC[N+](C)(CC)CC)CCC[N+](C)(C)C. The summed E-state index contributed by atoms with van der Waals surface area (Å²) in [5.41, 5.74) is 0. The van der Waals surface area contributed by atoms with Gasteiger partial charge in [-0.2, -0.15) is 0 Å². The maximum absolute atomic E-state index is 2.67. The van der Waals surface area contributed by atoms with Crippen molar-refractivity contribution in [3.63, 3.8) is 0 Å². The van der Waals surface area contributed by atoms with Crippen LogP contribution in [0.3, 0.4) is 0 Å². The number of hydrogen-bond donors (Lipinski definition) is 0. The molecule has 0 saturated heterocycles. The second-order valence-electron chi connectivity index (χ2n) is 9.98. The Kier molecular flexibility index (Phi) is 15.6. The molecular weight excluding hydrogens is 344 g/mol. The summed E-state index contributed by atoms with van der Waals surface area (Å²) in [5, 5.41) is 0. The van der Waals surface area contributed by atoms with Crippen LogP contribution in [0, 0.1) is 0 Å². The van der Waals surface area contributed by atoms with Crippen molar-refractivity contribution in [3.05, 3.63) is 0 Å². The number of nitrogens with zero attached hydrogens (tertiary/aromatic N) is 4. The van der Waals surface area contributed by atoms with Gasteiger partial charge in [0.05, 0.1) is 54.4 Å². The molecule has 170 valence electrons. The van der Waals surface area contributed by atoms with E-state index in [4.69, 9.17) is 0 Å². The summed E-state index contributed by atoms with van der Waals surface area (Å²) < 4.78 is 2.31. The van der Waals surface area contributed by atoms with Crippen LogP contribution < -0.4 is 0 Å². The molecule has 0 bridgehead atoms. The highest BCUT2D eigenvalue weighted by atomic mass is 15.3. The number of rotatable bonds is 19. The van der Waals surface area contributed by atoms with Crippen LogP contribution in [0.25, 0.3) is 0 Å². The van der Waals surface area contributed by atoms with E-state index in [2.05, 4.69) is 65.7 Å². The van der Waals surface area contributed by atoms with Gasteiger partial charge in [0, 0.05) is 25.9 Å². The van der Waals surface area contributed by atoms with Gasteiger partial charge in [-0.1, -0.05) is 26.7 Å². The Morgan fingerprint density at radius 3 is 1.25 bits per heavy atom. The topological polar surface area (TPSA) is 6.48 Å². The Morgan fingerprint density at radius 2 is 0.893 bits per heavy atom. The lowest BCUT2D eigenvalue weighted by molar-refractivity contribution is -0.906. The zero-order valence-electron chi connectivity index (χ0n) is 21.1. The zero-order valence-corrected chi connectivity index (χ0v) is 21.1. The van der Waals surface area contributed by atoms with Crippen molar-refractivity contribution in [1.82, 2.24) is 9.80 Å². The Bertz CT molecular complexity index is 347. The summed E-state index contributed by atoms with van der Waals surface area (Å²) in [6.45, 7) is 21.9. The third kappa shape index (κ3) is 14.8. The number of unbranched alkanes of at least 4 members (excludes halogenated alkanes) is 3. The van der Waals surface area contributed by atoms with Gasteiger partial charge in [-0.15, -0.1) is 0 Å². The molecule has 0 aliphatic heterocycles. The van der Waals surface area contributed by atoms with E-state index in [1.165, 1.54) is 108 Å². The van der Waals surface area contributed by atoms with Gasteiger partial charge in [0.15, 0.2) is 0 Å². The monoisotopic (exact) mass is 400 g/mol. The molecule has 4 nitrogen and oxygen atoms in total. The summed E-state index contributed by atoms with van der Waals surface area (Å²) in [6, 6.07) is 0. The second-order valence-corrected chi connectivity index (χ2v) is 9.98.